The fourth-order valence-electron chi connectivity index (χ4n) is 1.48. The Hall–Kier alpha value is -0.590. The van der Waals surface area contributed by atoms with Gasteiger partial charge in [-0.15, -0.1) is 11.3 Å². The Labute approximate surface area is 98.1 Å². The number of thiol groups is 1. The maximum atomic E-state index is 12.0. The number of nitrogens with one attached hydrogen (secondary N) is 1. The third-order valence-electron chi connectivity index (χ3n) is 2.30. The normalized spacial score (nSPS) is 16.7. The van der Waals surface area contributed by atoms with Gasteiger partial charge in [-0.2, -0.15) is 12.6 Å². The largest absolute Gasteiger partial charge is 0.334 e. The summed E-state index contributed by atoms with van der Waals surface area (Å²) in [4.78, 5) is 18.0. The Balaban J connectivity index is 2.05. The molecule has 0 unspecified atom stereocenters. The fraction of sp³-hybridized carbons (Fsp3) is 0.556. The smallest absolute Gasteiger partial charge is 0.282 e. The van der Waals surface area contributed by atoms with Crippen molar-refractivity contribution in [1.29, 1.82) is 0 Å². The van der Waals surface area contributed by atoms with Crippen LogP contribution in [-0.2, 0) is 5.75 Å². The summed E-state index contributed by atoms with van der Waals surface area (Å²) in [6.07, 6.45) is 0. The molecule has 1 aromatic rings. The summed E-state index contributed by atoms with van der Waals surface area (Å²) in [5, 5.41) is 5.69. The molecule has 1 aromatic heterocycles. The van der Waals surface area contributed by atoms with Gasteiger partial charge >= 0.3 is 0 Å². The van der Waals surface area contributed by atoms with Gasteiger partial charge in [0.05, 0.1) is 5.69 Å². The minimum Gasteiger partial charge on any atom is -0.334 e. The molecule has 0 saturated carbocycles. The molecule has 1 aliphatic heterocycles. The van der Waals surface area contributed by atoms with Gasteiger partial charge < -0.3 is 10.2 Å². The van der Waals surface area contributed by atoms with E-state index < -0.39 is 0 Å². The molecule has 0 aromatic carbocycles. The van der Waals surface area contributed by atoms with Gasteiger partial charge in [0.1, 0.15) is 0 Å². The molecule has 2 rings (SSSR count). The number of amides is 1. The Bertz CT molecular complexity index is 347. The number of hydrogen-bond donors (Lipinski definition) is 2. The summed E-state index contributed by atoms with van der Waals surface area (Å²) >= 11 is 5.53. The van der Waals surface area contributed by atoms with E-state index in [9.17, 15) is 4.79 Å². The number of carbonyl (C=O) groups excluding carboxylic acids is 1. The van der Waals surface area contributed by atoms with Crippen molar-refractivity contribution in [2.75, 3.05) is 26.2 Å². The summed E-state index contributed by atoms with van der Waals surface area (Å²) in [6.45, 7) is 3.29. The van der Waals surface area contributed by atoms with E-state index in [0.29, 0.717) is 10.8 Å². The second-order valence-corrected chi connectivity index (χ2v) is 4.52. The molecule has 4 nitrogen and oxygen atoms in total. The number of thiazole rings is 1. The first-order chi connectivity index (χ1) is 7.31. The maximum Gasteiger partial charge on any atom is 0.282 e. The lowest BCUT2D eigenvalue weighted by Gasteiger charge is -2.26. The molecule has 0 atom stereocenters. The first kappa shape index (κ1) is 10.9. The van der Waals surface area contributed by atoms with E-state index in [0.717, 1.165) is 31.9 Å². The third kappa shape index (κ3) is 2.50. The van der Waals surface area contributed by atoms with E-state index in [2.05, 4.69) is 22.9 Å². The zero-order valence-electron chi connectivity index (χ0n) is 8.27. The van der Waals surface area contributed by atoms with Crippen LogP contribution < -0.4 is 5.32 Å². The predicted molar refractivity (Wildman–Crippen MR) is 63.6 cm³/mol. The fourth-order valence-corrected chi connectivity index (χ4v) is 2.55. The number of nitrogens with zero attached hydrogens (tertiary/aromatic N) is 2. The van der Waals surface area contributed by atoms with Gasteiger partial charge in [-0.3, -0.25) is 4.79 Å². The van der Waals surface area contributed by atoms with Crippen LogP contribution in [-0.4, -0.2) is 42.0 Å². The van der Waals surface area contributed by atoms with Crippen LogP contribution in [0.1, 0.15) is 15.5 Å². The molecule has 1 N–H and O–H groups in total. The lowest BCUT2D eigenvalue weighted by molar-refractivity contribution is 0.0735. The van der Waals surface area contributed by atoms with Crippen molar-refractivity contribution in [3.8, 4) is 0 Å². The summed E-state index contributed by atoms with van der Waals surface area (Å²) < 4.78 is 0. The van der Waals surface area contributed by atoms with Gasteiger partial charge in [-0.1, -0.05) is 0 Å². The molecule has 0 aliphatic carbocycles. The molecule has 0 spiro atoms. The average molecular weight is 243 g/mol. The number of piperazine rings is 1. The van der Waals surface area contributed by atoms with Gasteiger partial charge in [-0.05, 0) is 0 Å². The highest BCUT2D eigenvalue weighted by atomic mass is 32.1. The van der Waals surface area contributed by atoms with E-state index in [-0.39, 0.29) is 5.91 Å². The highest BCUT2D eigenvalue weighted by Gasteiger charge is 2.20. The quantitative estimate of drug-likeness (QED) is 0.749. The molecular formula is C9H13N3OS2. The highest BCUT2D eigenvalue weighted by molar-refractivity contribution is 7.79. The van der Waals surface area contributed by atoms with Crippen LogP contribution >= 0.6 is 24.0 Å². The topological polar surface area (TPSA) is 45.2 Å². The van der Waals surface area contributed by atoms with E-state index >= 15 is 0 Å². The molecule has 1 fully saturated rings. The zero-order chi connectivity index (χ0) is 10.7. The summed E-state index contributed by atoms with van der Waals surface area (Å²) in [5.41, 5.74) is 0.877. The molecular weight excluding hydrogens is 230 g/mol. The van der Waals surface area contributed by atoms with Crippen molar-refractivity contribution >= 4 is 29.9 Å². The van der Waals surface area contributed by atoms with Crippen LogP contribution in [0.3, 0.4) is 0 Å². The van der Waals surface area contributed by atoms with Gasteiger partial charge in [0.25, 0.3) is 5.91 Å². The minimum atomic E-state index is 0.0505. The lowest BCUT2D eigenvalue weighted by atomic mass is 10.3. The molecule has 0 bridgehead atoms. The predicted octanol–water partition coefficient (Wildman–Crippen LogP) is 0.618. The van der Waals surface area contributed by atoms with E-state index in [1.807, 2.05) is 10.3 Å². The Kier molecular flexibility index (Phi) is 3.61. The third-order valence-corrected chi connectivity index (χ3v) is 3.50. The number of carbonyl (C=O) groups is 1. The monoisotopic (exact) mass is 243 g/mol. The van der Waals surface area contributed by atoms with Crippen molar-refractivity contribution in [3.05, 3.63) is 16.1 Å². The second kappa shape index (κ2) is 4.96. The van der Waals surface area contributed by atoms with Crippen LogP contribution in [0.2, 0.25) is 0 Å². The van der Waals surface area contributed by atoms with Crippen LogP contribution in [0.4, 0.5) is 0 Å². The molecule has 1 saturated heterocycles. The Morgan fingerprint density at radius 2 is 2.33 bits per heavy atom. The van der Waals surface area contributed by atoms with Crippen molar-refractivity contribution in [1.82, 2.24) is 15.2 Å². The lowest BCUT2D eigenvalue weighted by Crippen LogP contribution is -2.46. The van der Waals surface area contributed by atoms with Crippen molar-refractivity contribution < 1.29 is 4.79 Å². The number of hydrogen-bond acceptors (Lipinski definition) is 5. The van der Waals surface area contributed by atoms with Gasteiger partial charge in [0.2, 0.25) is 0 Å². The molecule has 15 heavy (non-hydrogen) atoms. The zero-order valence-corrected chi connectivity index (χ0v) is 9.98. The first-order valence-electron chi connectivity index (χ1n) is 4.86. The Morgan fingerprint density at radius 1 is 1.60 bits per heavy atom. The van der Waals surface area contributed by atoms with Gasteiger partial charge in [0, 0.05) is 37.3 Å². The average Bonchev–Trinajstić information content (AvgIpc) is 2.78. The van der Waals surface area contributed by atoms with Crippen molar-refractivity contribution in [2.45, 2.75) is 5.75 Å². The summed E-state index contributed by atoms with van der Waals surface area (Å²) in [6, 6.07) is 0. The number of rotatable bonds is 2. The van der Waals surface area contributed by atoms with Gasteiger partial charge in [0.15, 0.2) is 5.01 Å². The molecule has 2 heterocycles. The molecule has 82 valence electrons. The SMILES string of the molecule is O=C(c1nc(CS)cs1)N1CCNCC1. The first-order valence-corrected chi connectivity index (χ1v) is 6.37. The minimum absolute atomic E-state index is 0.0505. The summed E-state index contributed by atoms with van der Waals surface area (Å²) in [5.74, 6) is 0.639. The molecule has 1 aliphatic rings. The molecule has 1 amide bonds. The Morgan fingerprint density at radius 3 is 2.93 bits per heavy atom. The summed E-state index contributed by atoms with van der Waals surface area (Å²) in [7, 11) is 0. The van der Waals surface area contributed by atoms with Crippen LogP contribution in [0.15, 0.2) is 5.38 Å². The van der Waals surface area contributed by atoms with Crippen molar-refractivity contribution in [3.63, 3.8) is 0 Å². The van der Waals surface area contributed by atoms with Crippen LogP contribution in [0.25, 0.3) is 0 Å². The van der Waals surface area contributed by atoms with Gasteiger partial charge in [-0.25, -0.2) is 4.98 Å². The van der Waals surface area contributed by atoms with Crippen molar-refractivity contribution in [2.24, 2.45) is 0 Å². The number of aromatic nitrogens is 1. The maximum absolute atomic E-state index is 12.0. The second-order valence-electron chi connectivity index (χ2n) is 3.34. The van der Waals surface area contributed by atoms with E-state index in [4.69, 9.17) is 0 Å². The van der Waals surface area contributed by atoms with E-state index in [1.54, 1.807) is 0 Å². The molecule has 0 radical (unpaired) electrons. The van der Waals surface area contributed by atoms with Crippen LogP contribution in [0.5, 0.6) is 0 Å². The van der Waals surface area contributed by atoms with E-state index in [1.165, 1.54) is 11.3 Å². The molecule has 6 heteroatoms. The standard InChI is InChI=1S/C9H13N3OS2/c13-9(12-3-1-10-2-4-12)8-11-7(5-14)6-15-8/h6,10,14H,1-5H2. The van der Waals surface area contributed by atoms with Crippen LogP contribution in [0, 0.1) is 0 Å². The highest BCUT2D eigenvalue weighted by Crippen LogP contribution is 2.14.